The van der Waals surface area contributed by atoms with Crippen molar-refractivity contribution in [3.05, 3.63) is 72.9 Å². The first-order chi connectivity index (χ1) is 33.1. The zero-order valence-electron chi connectivity index (χ0n) is 42.4. The molecule has 1 saturated heterocycles. The third-order valence-electron chi connectivity index (χ3n) is 11.8. The van der Waals surface area contributed by atoms with Crippen molar-refractivity contribution in [3.8, 4) is 0 Å². The van der Waals surface area contributed by atoms with Crippen LogP contribution >= 0.6 is 0 Å². The molecular weight excluding hydrogens is 885 g/mol. The summed E-state index contributed by atoms with van der Waals surface area (Å²) in [5.41, 5.74) is 0. The molecular formula is C55H96O12S. The average molecular weight is 981 g/mol. The lowest BCUT2D eigenvalue weighted by molar-refractivity contribution is -0.301. The summed E-state index contributed by atoms with van der Waals surface area (Å²) in [5.74, 6) is -0.423. The Morgan fingerprint density at radius 2 is 1.01 bits per heavy atom. The lowest BCUT2D eigenvalue weighted by Crippen LogP contribution is -2.60. The van der Waals surface area contributed by atoms with Gasteiger partial charge in [0.2, 0.25) is 0 Å². The van der Waals surface area contributed by atoms with Crippen LogP contribution in [0.4, 0.5) is 0 Å². The number of esters is 1. The van der Waals surface area contributed by atoms with E-state index in [1.165, 1.54) is 103 Å². The van der Waals surface area contributed by atoms with Crippen molar-refractivity contribution >= 4 is 16.4 Å². The molecule has 0 aliphatic carbocycles. The van der Waals surface area contributed by atoms with Gasteiger partial charge in [0.05, 0.1) is 19.8 Å². The van der Waals surface area contributed by atoms with Crippen LogP contribution in [-0.2, 0) is 38.3 Å². The molecule has 1 fully saturated rings. The minimum Gasteiger partial charge on any atom is -0.457 e. The van der Waals surface area contributed by atoms with Gasteiger partial charge in [-0.1, -0.05) is 189 Å². The third-order valence-corrected chi connectivity index (χ3v) is 12.3. The van der Waals surface area contributed by atoms with Crippen molar-refractivity contribution in [2.24, 2.45) is 0 Å². The normalized spacial score (nSPS) is 19.9. The Labute approximate surface area is 413 Å². The van der Waals surface area contributed by atoms with Crippen LogP contribution in [0.2, 0.25) is 0 Å². The maximum atomic E-state index is 12.9. The van der Waals surface area contributed by atoms with Gasteiger partial charge in [0, 0.05) is 13.0 Å². The fraction of sp³-hybridized carbons (Fsp3) is 0.764. The van der Waals surface area contributed by atoms with E-state index < -0.39 is 59.8 Å². The van der Waals surface area contributed by atoms with Gasteiger partial charge in [-0.15, -0.1) is 0 Å². The van der Waals surface area contributed by atoms with E-state index in [-0.39, 0.29) is 19.6 Å². The zero-order chi connectivity index (χ0) is 49.6. The monoisotopic (exact) mass is 981 g/mol. The predicted octanol–water partition coefficient (Wildman–Crippen LogP) is 12.6. The fourth-order valence-electron chi connectivity index (χ4n) is 7.81. The molecule has 0 amide bonds. The number of allylic oxidation sites excluding steroid dienone is 12. The second-order valence-corrected chi connectivity index (χ2v) is 19.1. The number of unbranched alkanes of at least 4 members (excludes halogenated alkanes) is 21. The molecule has 0 aromatic carbocycles. The molecule has 1 rings (SSSR count). The maximum Gasteiger partial charge on any atom is 0.397 e. The van der Waals surface area contributed by atoms with Crippen molar-refractivity contribution in [2.75, 3.05) is 26.4 Å². The molecule has 0 spiro atoms. The summed E-state index contributed by atoms with van der Waals surface area (Å²) in [7, 11) is -5.07. The van der Waals surface area contributed by atoms with Crippen LogP contribution in [0.3, 0.4) is 0 Å². The van der Waals surface area contributed by atoms with E-state index in [4.69, 9.17) is 18.9 Å². The van der Waals surface area contributed by atoms with Crippen LogP contribution in [0.5, 0.6) is 0 Å². The molecule has 0 bridgehead atoms. The SMILES string of the molecule is CC/C=C\C/C=C\C/C=C\C/C=C\CCCCCCC(=O)OC(COCCCCCCCCCCCCCC/C=C\C/C=C\CCCCCCC)COC1OC(CO)C(O)C(OS(=O)(=O)O)C1O. The number of hydrogen-bond acceptors (Lipinski definition) is 11. The van der Waals surface area contributed by atoms with E-state index in [2.05, 4.69) is 90.9 Å². The first-order valence-corrected chi connectivity index (χ1v) is 28.1. The van der Waals surface area contributed by atoms with Crippen molar-refractivity contribution < 1.29 is 56.2 Å². The van der Waals surface area contributed by atoms with E-state index in [0.717, 1.165) is 77.0 Å². The summed E-state index contributed by atoms with van der Waals surface area (Å²) in [6, 6.07) is 0. The Morgan fingerprint density at radius 1 is 0.574 bits per heavy atom. The zero-order valence-corrected chi connectivity index (χ0v) is 43.2. The summed E-state index contributed by atoms with van der Waals surface area (Å²) < 4.78 is 59.3. The van der Waals surface area contributed by atoms with Crippen LogP contribution in [0, 0.1) is 0 Å². The summed E-state index contributed by atoms with van der Waals surface area (Å²) in [4.78, 5) is 12.9. The Hall–Kier alpha value is -2.46. The van der Waals surface area contributed by atoms with Gasteiger partial charge in [0.25, 0.3) is 0 Å². The molecule has 0 aromatic heterocycles. The minimum atomic E-state index is -5.07. The first-order valence-electron chi connectivity index (χ1n) is 26.7. The number of rotatable bonds is 46. The van der Waals surface area contributed by atoms with Gasteiger partial charge in [-0.05, 0) is 83.5 Å². The van der Waals surface area contributed by atoms with Crippen LogP contribution in [-0.4, -0.2) is 97.5 Å². The number of aliphatic hydroxyl groups excluding tert-OH is 3. The molecule has 6 atom stereocenters. The molecule has 13 heteroatoms. The van der Waals surface area contributed by atoms with Gasteiger partial charge in [0.1, 0.15) is 30.5 Å². The molecule has 394 valence electrons. The first kappa shape index (κ1) is 63.6. The molecule has 12 nitrogen and oxygen atoms in total. The van der Waals surface area contributed by atoms with Crippen molar-refractivity contribution in [2.45, 2.75) is 243 Å². The topological polar surface area (TPSA) is 178 Å². The van der Waals surface area contributed by atoms with Crippen LogP contribution in [0.1, 0.15) is 206 Å². The summed E-state index contributed by atoms with van der Waals surface area (Å²) in [6.07, 6.45) is 50.8. The fourth-order valence-corrected chi connectivity index (χ4v) is 8.32. The minimum absolute atomic E-state index is 0.0219. The highest BCUT2D eigenvalue weighted by Crippen LogP contribution is 2.26. The van der Waals surface area contributed by atoms with E-state index >= 15 is 0 Å². The van der Waals surface area contributed by atoms with Crippen LogP contribution < -0.4 is 0 Å². The standard InChI is InChI=1S/C55H96O12S/c1-3-5-7-9-11-13-15-17-19-21-22-23-24-25-26-27-29-31-33-35-37-39-41-43-45-63-47-49(48-64-55-53(59)54(67-68(60,61)62)52(58)50(46-56)66-55)65-51(57)44-42-40-38-36-34-32-30-28-20-18-16-14-12-10-8-6-4-2/h6,8,12,14-15,17-18,20-22,30,32,49-50,52-56,58-59H,3-5,7,9-11,13,16,19,23-29,31,33-48H2,1-2H3,(H,60,61,62)/b8-6-,14-12-,17-15-,20-18-,22-21-,32-30-. The summed E-state index contributed by atoms with van der Waals surface area (Å²) in [6.45, 7) is 3.84. The van der Waals surface area contributed by atoms with Crippen molar-refractivity contribution in [1.82, 2.24) is 0 Å². The van der Waals surface area contributed by atoms with E-state index in [9.17, 15) is 33.1 Å². The lowest BCUT2D eigenvalue weighted by atomic mass is 9.99. The second kappa shape index (κ2) is 45.7. The summed E-state index contributed by atoms with van der Waals surface area (Å²) >= 11 is 0. The number of hydrogen-bond donors (Lipinski definition) is 4. The highest BCUT2D eigenvalue weighted by Gasteiger charge is 2.48. The number of aliphatic hydroxyl groups is 3. The van der Waals surface area contributed by atoms with Crippen molar-refractivity contribution in [3.63, 3.8) is 0 Å². The predicted molar refractivity (Wildman–Crippen MR) is 276 cm³/mol. The second-order valence-electron chi connectivity index (χ2n) is 18.1. The van der Waals surface area contributed by atoms with Gasteiger partial charge < -0.3 is 34.3 Å². The number of carbonyl (C=O) groups is 1. The average Bonchev–Trinajstić information content (AvgIpc) is 3.31. The Balaban J connectivity index is 2.34. The van der Waals surface area contributed by atoms with E-state index in [1.807, 2.05) is 0 Å². The quantitative estimate of drug-likeness (QED) is 0.0197. The van der Waals surface area contributed by atoms with Gasteiger partial charge in [-0.2, -0.15) is 8.42 Å². The number of ether oxygens (including phenoxy) is 4. The molecule has 4 N–H and O–H groups in total. The Kier molecular flexibility index (Phi) is 42.7. The Morgan fingerprint density at radius 3 is 1.49 bits per heavy atom. The molecule has 0 radical (unpaired) electrons. The lowest BCUT2D eigenvalue weighted by Gasteiger charge is -2.41. The molecule has 0 saturated carbocycles. The van der Waals surface area contributed by atoms with Crippen molar-refractivity contribution in [1.29, 1.82) is 0 Å². The third kappa shape index (κ3) is 38.3. The Bertz CT molecular complexity index is 1460. The van der Waals surface area contributed by atoms with E-state index in [0.29, 0.717) is 13.0 Å². The van der Waals surface area contributed by atoms with Crippen LogP contribution in [0.15, 0.2) is 72.9 Å². The van der Waals surface area contributed by atoms with Gasteiger partial charge in [-0.25, -0.2) is 4.18 Å². The van der Waals surface area contributed by atoms with Gasteiger partial charge in [0.15, 0.2) is 6.29 Å². The smallest absolute Gasteiger partial charge is 0.397 e. The highest BCUT2D eigenvalue weighted by molar-refractivity contribution is 7.80. The molecule has 68 heavy (non-hydrogen) atoms. The van der Waals surface area contributed by atoms with Gasteiger partial charge in [-0.3, -0.25) is 9.35 Å². The van der Waals surface area contributed by atoms with Gasteiger partial charge >= 0.3 is 16.4 Å². The largest absolute Gasteiger partial charge is 0.457 e. The molecule has 6 unspecified atom stereocenters. The highest BCUT2D eigenvalue weighted by atomic mass is 32.3. The number of carbonyl (C=O) groups excluding carboxylic acids is 1. The van der Waals surface area contributed by atoms with E-state index in [1.54, 1.807) is 0 Å². The molecule has 1 aliphatic rings. The molecule has 1 aliphatic heterocycles. The summed E-state index contributed by atoms with van der Waals surface area (Å²) in [5, 5.41) is 30.8. The maximum absolute atomic E-state index is 12.9. The van der Waals surface area contributed by atoms with Crippen LogP contribution in [0.25, 0.3) is 0 Å². The molecule has 0 aromatic rings. The molecule has 1 heterocycles.